The van der Waals surface area contributed by atoms with Gasteiger partial charge in [0.15, 0.2) is 0 Å². The zero-order valence-corrected chi connectivity index (χ0v) is 11.5. The molecule has 1 N–H and O–H groups in total. The molecule has 1 saturated heterocycles. The molecule has 2 heterocycles. The molecule has 1 aromatic rings. The number of fused-ring (bicyclic) bond motifs is 1. The summed E-state index contributed by atoms with van der Waals surface area (Å²) in [6.07, 6.45) is 0.987. The summed E-state index contributed by atoms with van der Waals surface area (Å²) in [5.41, 5.74) is 2.50. The zero-order chi connectivity index (χ0) is 12.5. The number of piperazine rings is 1. The molecule has 0 bridgehead atoms. The van der Waals surface area contributed by atoms with Crippen molar-refractivity contribution < 1.29 is 4.74 Å². The maximum absolute atomic E-state index is 6.19. The molecule has 2 aliphatic heterocycles. The van der Waals surface area contributed by atoms with E-state index in [4.69, 9.17) is 16.3 Å². The van der Waals surface area contributed by atoms with Gasteiger partial charge in [0.2, 0.25) is 0 Å². The van der Waals surface area contributed by atoms with E-state index in [-0.39, 0.29) is 0 Å². The summed E-state index contributed by atoms with van der Waals surface area (Å²) < 4.78 is 5.75. The second kappa shape index (κ2) is 5.08. The highest BCUT2D eigenvalue weighted by Crippen LogP contribution is 2.33. The Kier molecular flexibility index (Phi) is 3.46. The lowest BCUT2D eigenvalue weighted by Gasteiger charge is -2.32. The Morgan fingerprint density at radius 2 is 2.39 bits per heavy atom. The number of hydrogen-bond acceptors (Lipinski definition) is 3. The van der Waals surface area contributed by atoms with E-state index in [1.807, 2.05) is 6.07 Å². The SMILES string of the molecule is C[C@@H]1CN(Cc2cc(Cl)cc3c2OCC3)CCN1. The van der Waals surface area contributed by atoms with Gasteiger partial charge in [-0.2, -0.15) is 0 Å². The first kappa shape index (κ1) is 12.3. The molecule has 1 fully saturated rings. The van der Waals surface area contributed by atoms with Crippen molar-refractivity contribution >= 4 is 11.6 Å². The molecule has 98 valence electrons. The van der Waals surface area contributed by atoms with Crippen LogP contribution in [-0.2, 0) is 13.0 Å². The van der Waals surface area contributed by atoms with Crippen molar-refractivity contribution in [2.75, 3.05) is 26.2 Å². The number of ether oxygens (including phenoxy) is 1. The third kappa shape index (κ3) is 2.48. The van der Waals surface area contributed by atoms with Gasteiger partial charge in [-0.15, -0.1) is 0 Å². The Bertz CT molecular complexity index is 450. The van der Waals surface area contributed by atoms with Gasteiger partial charge < -0.3 is 10.1 Å². The molecule has 0 radical (unpaired) electrons. The van der Waals surface area contributed by atoms with E-state index in [0.29, 0.717) is 6.04 Å². The van der Waals surface area contributed by atoms with Gasteiger partial charge in [0.25, 0.3) is 0 Å². The van der Waals surface area contributed by atoms with Crippen LogP contribution in [0.1, 0.15) is 18.1 Å². The number of nitrogens with one attached hydrogen (secondary N) is 1. The fourth-order valence-electron chi connectivity index (χ4n) is 2.86. The lowest BCUT2D eigenvalue weighted by Crippen LogP contribution is -2.48. The number of nitrogens with zero attached hydrogens (tertiary/aromatic N) is 1. The average Bonchev–Trinajstić information content (AvgIpc) is 2.77. The maximum Gasteiger partial charge on any atom is 0.127 e. The predicted octanol–water partition coefficient (Wildman–Crippen LogP) is 2.07. The maximum atomic E-state index is 6.19. The predicted molar refractivity (Wildman–Crippen MR) is 73.4 cm³/mol. The largest absolute Gasteiger partial charge is 0.493 e. The first-order valence-corrected chi connectivity index (χ1v) is 7.00. The fraction of sp³-hybridized carbons (Fsp3) is 0.571. The number of benzene rings is 1. The van der Waals surface area contributed by atoms with Gasteiger partial charge in [-0.05, 0) is 24.6 Å². The van der Waals surface area contributed by atoms with Gasteiger partial charge in [-0.1, -0.05) is 11.6 Å². The standard InChI is InChI=1S/C14H19ClN2O/c1-10-8-17(4-3-16-10)9-12-7-13(15)6-11-2-5-18-14(11)12/h6-7,10,16H,2-5,8-9H2,1H3/t10-/m1/s1. The smallest absolute Gasteiger partial charge is 0.127 e. The first-order valence-electron chi connectivity index (χ1n) is 6.62. The summed E-state index contributed by atoms with van der Waals surface area (Å²) in [7, 11) is 0. The molecule has 18 heavy (non-hydrogen) atoms. The van der Waals surface area contributed by atoms with Crippen molar-refractivity contribution in [1.82, 2.24) is 10.2 Å². The van der Waals surface area contributed by atoms with E-state index in [1.165, 1.54) is 11.1 Å². The van der Waals surface area contributed by atoms with Crippen molar-refractivity contribution in [1.29, 1.82) is 0 Å². The average molecular weight is 267 g/mol. The van der Waals surface area contributed by atoms with E-state index in [2.05, 4.69) is 23.2 Å². The van der Waals surface area contributed by atoms with Crippen molar-refractivity contribution in [2.24, 2.45) is 0 Å². The van der Waals surface area contributed by atoms with Gasteiger partial charge in [0.05, 0.1) is 6.61 Å². The molecular formula is C14H19ClN2O. The molecule has 4 heteroatoms. The quantitative estimate of drug-likeness (QED) is 0.887. The van der Waals surface area contributed by atoms with Crippen LogP contribution < -0.4 is 10.1 Å². The molecule has 1 atom stereocenters. The molecule has 3 rings (SSSR count). The summed E-state index contributed by atoms with van der Waals surface area (Å²) >= 11 is 6.19. The Balaban J connectivity index is 1.80. The Morgan fingerprint density at radius 1 is 1.50 bits per heavy atom. The van der Waals surface area contributed by atoms with Crippen LogP contribution in [0.2, 0.25) is 5.02 Å². The minimum atomic E-state index is 0.562. The van der Waals surface area contributed by atoms with E-state index in [1.54, 1.807) is 0 Å². The van der Waals surface area contributed by atoms with Gasteiger partial charge in [-0.3, -0.25) is 4.90 Å². The second-order valence-corrected chi connectivity index (χ2v) is 5.68. The van der Waals surface area contributed by atoms with Crippen LogP contribution in [0.25, 0.3) is 0 Å². The number of halogens is 1. The van der Waals surface area contributed by atoms with Crippen LogP contribution >= 0.6 is 11.6 Å². The summed E-state index contributed by atoms with van der Waals surface area (Å²) in [5, 5.41) is 4.29. The Hall–Kier alpha value is -0.770. The van der Waals surface area contributed by atoms with E-state index in [0.717, 1.165) is 50.0 Å². The monoisotopic (exact) mass is 266 g/mol. The Morgan fingerprint density at radius 3 is 3.22 bits per heavy atom. The highest BCUT2D eigenvalue weighted by molar-refractivity contribution is 6.30. The van der Waals surface area contributed by atoms with Gasteiger partial charge in [0, 0.05) is 49.2 Å². The third-order valence-electron chi connectivity index (χ3n) is 3.67. The molecule has 0 aliphatic carbocycles. The van der Waals surface area contributed by atoms with Crippen molar-refractivity contribution in [3.8, 4) is 5.75 Å². The molecule has 0 saturated carbocycles. The third-order valence-corrected chi connectivity index (χ3v) is 3.89. The van der Waals surface area contributed by atoms with Crippen LogP contribution in [0.15, 0.2) is 12.1 Å². The van der Waals surface area contributed by atoms with Gasteiger partial charge in [-0.25, -0.2) is 0 Å². The first-order chi connectivity index (χ1) is 8.72. The molecule has 3 nitrogen and oxygen atoms in total. The van der Waals surface area contributed by atoms with Crippen molar-refractivity contribution in [2.45, 2.75) is 25.9 Å². The summed E-state index contributed by atoms with van der Waals surface area (Å²) in [4.78, 5) is 2.47. The minimum Gasteiger partial charge on any atom is -0.493 e. The summed E-state index contributed by atoms with van der Waals surface area (Å²) in [6.45, 7) is 7.19. The van der Waals surface area contributed by atoms with Gasteiger partial charge in [0.1, 0.15) is 5.75 Å². The zero-order valence-electron chi connectivity index (χ0n) is 10.7. The molecule has 0 unspecified atom stereocenters. The van der Waals surface area contributed by atoms with Crippen LogP contribution in [0.3, 0.4) is 0 Å². The highest BCUT2D eigenvalue weighted by atomic mass is 35.5. The van der Waals surface area contributed by atoms with Crippen molar-refractivity contribution in [3.63, 3.8) is 0 Å². The van der Waals surface area contributed by atoms with Crippen LogP contribution in [0, 0.1) is 0 Å². The lowest BCUT2D eigenvalue weighted by molar-refractivity contribution is 0.197. The number of hydrogen-bond donors (Lipinski definition) is 1. The van der Waals surface area contributed by atoms with E-state index < -0.39 is 0 Å². The highest BCUT2D eigenvalue weighted by Gasteiger charge is 2.21. The van der Waals surface area contributed by atoms with Crippen LogP contribution in [0.5, 0.6) is 5.75 Å². The van der Waals surface area contributed by atoms with Crippen LogP contribution in [0.4, 0.5) is 0 Å². The number of rotatable bonds is 2. The fourth-order valence-corrected chi connectivity index (χ4v) is 3.12. The molecule has 0 spiro atoms. The van der Waals surface area contributed by atoms with E-state index in [9.17, 15) is 0 Å². The topological polar surface area (TPSA) is 24.5 Å². The molecule has 2 aliphatic rings. The molecule has 0 aromatic heterocycles. The summed E-state index contributed by atoms with van der Waals surface area (Å²) in [6, 6.07) is 4.65. The van der Waals surface area contributed by atoms with Crippen molar-refractivity contribution in [3.05, 3.63) is 28.3 Å². The minimum absolute atomic E-state index is 0.562. The Labute approximate surface area is 113 Å². The van der Waals surface area contributed by atoms with Crippen LogP contribution in [-0.4, -0.2) is 37.2 Å². The normalized spacial score (nSPS) is 23.8. The lowest BCUT2D eigenvalue weighted by atomic mass is 10.1. The van der Waals surface area contributed by atoms with Gasteiger partial charge >= 0.3 is 0 Å². The molecule has 1 aromatic carbocycles. The molecular weight excluding hydrogens is 248 g/mol. The van der Waals surface area contributed by atoms with E-state index >= 15 is 0 Å². The summed E-state index contributed by atoms with van der Waals surface area (Å²) in [5.74, 6) is 1.07. The second-order valence-electron chi connectivity index (χ2n) is 5.24. The molecule has 0 amide bonds.